The average Bonchev–Trinajstić information content (AvgIpc) is 3.23. The van der Waals surface area contributed by atoms with Gasteiger partial charge in [-0.2, -0.15) is 0 Å². The van der Waals surface area contributed by atoms with Crippen molar-refractivity contribution in [3.63, 3.8) is 0 Å². The number of likely N-dealkylation sites (tertiary alicyclic amines) is 1. The molecule has 1 N–H and O–H groups in total. The van der Waals surface area contributed by atoms with E-state index in [2.05, 4.69) is 0 Å². The highest BCUT2D eigenvalue weighted by molar-refractivity contribution is 6.06. The summed E-state index contributed by atoms with van der Waals surface area (Å²) in [6.07, 6.45) is 6.87. The minimum Gasteiger partial charge on any atom is -0.395 e. The number of nitrogens with zero attached hydrogens (tertiary/aromatic N) is 3. The van der Waals surface area contributed by atoms with Crippen LogP contribution in [0.15, 0.2) is 72.8 Å². The van der Waals surface area contributed by atoms with Crippen LogP contribution < -0.4 is 4.90 Å². The lowest BCUT2D eigenvalue weighted by atomic mass is 9.77. The maximum Gasteiger partial charge on any atom is 0.253 e. The van der Waals surface area contributed by atoms with Crippen LogP contribution in [0.1, 0.15) is 16.7 Å². The van der Waals surface area contributed by atoms with Crippen molar-refractivity contribution in [3.8, 4) is 0 Å². The summed E-state index contributed by atoms with van der Waals surface area (Å²) in [5.41, 5.74) is 2.41. The van der Waals surface area contributed by atoms with Gasteiger partial charge in [0.25, 0.3) is 5.91 Å². The van der Waals surface area contributed by atoms with Crippen molar-refractivity contribution in [1.29, 1.82) is 0 Å². The van der Waals surface area contributed by atoms with Gasteiger partial charge in [0.05, 0.1) is 24.5 Å². The predicted octanol–water partition coefficient (Wildman–Crippen LogP) is 2.38. The Balaban J connectivity index is 1.41. The second-order valence-corrected chi connectivity index (χ2v) is 10.8. The fourth-order valence-corrected chi connectivity index (χ4v) is 6.91. The molecule has 1 unspecified atom stereocenters. The number of ether oxygens (including phenoxy) is 1. The number of aliphatic hydroxyl groups excluding tert-OH is 1. The smallest absolute Gasteiger partial charge is 0.253 e. The van der Waals surface area contributed by atoms with E-state index in [0.29, 0.717) is 19.6 Å². The molecule has 4 aliphatic heterocycles. The minimum absolute atomic E-state index is 0.0135. The van der Waals surface area contributed by atoms with Gasteiger partial charge in [0.15, 0.2) is 0 Å². The van der Waals surface area contributed by atoms with E-state index in [1.807, 2.05) is 86.7 Å². The number of fused-ring (bicyclic) bond motifs is 2. The quantitative estimate of drug-likeness (QED) is 0.603. The van der Waals surface area contributed by atoms with E-state index in [0.717, 1.165) is 22.4 Å². The highest BCUT2D eigenvalue weighted by Gasteiger charge is 2.71. The van der Waals surface area contributed by atoms with Crippen LogP contribution in [-0.4, -0.2) is 76.6 Å². The molecule has 8 nitrogen and oxygen atoms in total. The van der Waals surface area contributed by atoms with E-state index in [9.17, 15) is 19.5 Å². The summed E-state index contributed by atoms with van der Waals surface area (Å²) < 4.78 is 6.66. The number of hydrogen-bond acceptors (Lipinski definition) is 5. The Morgan fingerprint density at radius 1 is 0.923 bits per heavy atom. The monoisotopic (exact) mass is 527 g/mol. The molecule has 2 aromatic rings. The predicted molar refractivity (Wildman–Crippen MR) is 146 cm³/mol. The Hall–Kier alpha value is -3.75. The van der Waals surface area contributed by atoms with Crippen molar-refractivity contribution < 1.29 is 24.2 Å². The van der Waals surface area contributed by atoms with Gasteiger partial charge in [-0.15, -0.1) is 0 Å². The number of amides is 3. The molecule has 39 heavy (non-hydrogen) atoms. The van der Waals surface area contributed by atoms with Crippen LogP contribution in [0.3, 0.4) is 0 Å². The molecule has 8 heteroatoms. The number of para-hydroxylation sites is 1. The third kappa shape index (κ3) is 3.93. The van der Waals surface area contributed by atoms with Gasteiger partial charge in [0.2, 0.25) is 11.8 Å². The number of benzene rings is 2. The molecule has 1 spiro atoms. The number of carbonyl (C=O) groups excluding carboxylic acids is 3. The summed E-state index contributed by atoms with van der Waals surface area (Å²) in [6, 6.07) is 14.6. The first-order valence-corrected chi connectivity index (χ1v) is 13.5. The average molecular weight is 528 g/mol. The zero-order valence-corrected chi connectivity index (χ0v) is 22.2. The molecule has 4 aliphatic rings. The molecule has 4 heterocycles. The van der Waals surface area contributed by atoms with Gasteiger partial charge >= 0.3 is 0 Å². The largest absolute Gasteiger partial charge is 0.395 e. The number of hydrogen-bond donors (Lipinski definition) is 1. The number of carbonyl (C=O) groups is 3. The maximum atomic E-state index is 14.4. The standard InChI is InChI=1S/C31H33N3O5/c1-20-9-6-10-21(2)26(20)33-16-8-14-31-25(29(37)34(17-18-35)27(31)30(33)38)24-23(39-31)13-7-15-32(28(24)36)19-22-11-4-3-5-12-22/h3-14,23-25,27,35H,15-19H2,1-2H3/t23-,24+,25+,27?,31+/m1/s1. The van der Waals surface area contributed by atoms with Crippen molar-refractivity contribution in [3.05, 3.63) is 89.5 Å². The fraction of sp³-hybridized carbons (Fsp3) is 0.387. The number of aryl methyl sites for hydroxylation is 2. The number of rotatable bonds is 5. The third-order valence-electron chi connectivity index (χ3n) is 8.51. The molecule has 0 aromatic heterocycles. The molecular weight excluding hydrogens is 494 g/mol. The summed E-state index contributed by atoms with van der Waals surface area (Å²) in [7, 11) is 0. The highest BCUT2D eigenvalue weighted by Crippen LogP contribution is 2.53. The second kappa shape index (κ2) is 9.77. The van der Waals surface area contributed by atoms with Crippen molar-refractivity contribution in [2.45, 2.75) is 38.1 Å². The number of aliphatic hydroxyl groups is 1. The lowest BCUT2D eigenvalue weighted by molar-refractivity contribution is -0.145. The molecule has 0 radical (unpaired) electrons. The van der Waals surface area contributed by atoms with Crippen LogP contribution in [0.4, 0.5) is 5.69 Å². The van der Waals surface area contributed by atoms with Crippen LogP contribution in [0, 0.1) is 25.7 Å². The first-order chi connectivity index (χ1) is 18.9. The topological polar surface area (TPSA) is 90.4 Å². The first-order valence-electron chi connectivity index (χ1n) is 13.5. The fourth-order valence-electron chi connectivity index (χ4n) is 6.91. The van der Waals surface area contributed by atoms with E-state index < -0.39 is 29.6 Å². The Labute approximate surface area is 228 Å². The summed E-state index contributed by atoms with van der Waals surface area (Å²) in [4.78, 5) is 47.4. The molecule has 6 rings (SSSR count). The van der Waals surface area contributed by atoms with Crippen LogP contribution in [0.25, 0.3) is 0 Å². The molecule has 2 aromatic carbocycles. The van der Waals surface area contributed by atoms with Crippen LogP contribution in [0.2, 0.25) is 0 Å². The molecule has 2 fully saturated rings. The highest BCUT2D eigenvalue weighted by atomic mass is 16.5. The summed E-state index contributed by atoms with van der Waals surface area (Å²) in [6.45, 7) is 4.76. The van der Waals surface area contributed by atoms with Gasteiger partial charge in [-0.05, 0) is 30.5 Å². The van der Waals surface area contributed by atoms with Gasteiger partial charge in [0.1, 0.15) is 11.6 Å². The Morgan fingerprint density at radius 3 is 2.38 bits per heavy atom. The lowest BCUT2D eigenvalue weighted by Crippen LogP contribution is -2.56. The number of β-amino-alcohol motifs (C(OH)–C–C–N with tert-alkyl or cyclic N) is 1. The van der Waals surface area contributed by atoms with E-state index in [4.69, 9.17) is 4.74 Å². The van der Waals surface area contributed by atoms with Crippen molar-refractivity contribution in [2.24, 2.45) is 11.8 Å². The third-order valence-corrected chi connectivity index (χ3v) is 8.51. The summed E-state index contributed by atoms with van der Waals surface area (Å²) >= 11 is 0. The van der Waals surface area contributed by atoms with Crippen LogP contribution in [-0.2, 0) is 25.7 Å². The Morgan fingerprint density at radius 2 is 1.67 bits per heavy atom. The number of anilines is 1. The van der Waals surface area contributed by atoms with Crippen molar-refractivity contribution >= 4 is 23.4 Å². The van der Waals surface area contributed by atoms with Crippen molar-refractivity contribution in [2.75, 3.05) is 31.1 Å². The molecule has 2 saturated heterocycles. The molecule has 0 bridgehead atoms. The van der Waals surface area contributed by atoms with Crippen molar-refractivity contribution in [1.82, 2.24) is 9.80 Å². The zero-order chi connectivity index (χ0) is 27.3. The van der Waals surface area contributed by atoms with E-state index >= 15 is 0 Å². The van der Waals surface area contributed by atoms with Crippen LogP contribution >= 0.6 is 0 Å². The second-order valence-electron chi connectivity index (χ2n) is 10.8. The van der Waals surface area contributed by atoms with E-state index in [1.165, 1.54) is 4.90 Å². The molecule has 202 valence electrons. The van der Waals surface area contributed by atoms with Gasteiger partial charge in [-0.25, -0.2) is 0 Å². The molecule has 0 aliphatic carbocycles. The SMILES string of the molecule is Cc1cccc(C)c1N1CC=C[C@]23O[C@@H]4C=CCN(Cc5ccccc5)C(=O)[C@@H]4[C@H]2C(=O)N(CCO)C3C1=O. The lowest BCUT2D eigenvalue weighted by Gasteiger charge is -2.35. The summed E-state index contributed by atoms with van der Waals surface area (Å²) in [5.74, 6) is -2.40. The Bertz CT molecular complexity index is 1350. The van der Waals surface area contributed by atoms with E-state index in [-0.39, 0.29) is 30.9 Å². The normalized spacial score (nSPS) is 29.8. The van der Waals surface area contributed by atoms with Crippen LogP contribution in [0.5, 0.6) is 0 Å². The molecule has 0 saturated carbocycles. The maximum absolute atomic E-state index is 14.4. The zero-order valence-electron chi connectivity index (χ0n) is 22.2. The van der Waals surface area contributed by atoms with E-state index in [1.54, 1.807) is 9.80 Å². The summed E-state index contributed by atoms with van der Waals surface area (Å²) in [5, 5.41) is 9.90. The van der Waals surface area contributed by atoms with Gasteiger partial charge < -0.3 is 24.5 Å². The first kappa shape index (κ1) is 25.5. The molecule has 5 atom stereocenters. The molecular formula is C31H33N3O5. The molecule has 3 amide bonds. The minimum atomic E-state index is -1.31. The van der Waals surface area contributed by atoms with Gasteiger partial charge in [0, 0.05) is 31.9 Å². The van der Waals surface area contributed by atoms with Gasteiger partial charge in [-0.3, -0.25) is 14.4 Å². The Kier molecular flexibility index (Phi) is 6.40. The van der Waals surface area contributed by atoms with Gasteiger partial charge in [-0.1, -0.05) is 72.8 Å².